The van der Waals surface area contributed by atoms with Gasteiger partial charge in [0.25, 0.3) is 0 Å². The molecule has 2 aromatic rings. The van der Waals surface area contributed by atoms with Gasteiger partial charge in [0.05, 0.1) is 20.6 Å². The first-order chi connectivity index (χ1) is 15.7. The number of pyridine rings is 1. The molecule has 1 fully saturated rings. The molecule has 1 aromatic carbocycles. The highest BCUT2D eigenvalue weighted by Crippen LogP contribution is 2.32. The third kappa shape index (κ3) is 7.24. The Morgan fingerprint density at radius 2 is 1.85 bits per heavy atom. The number of amides is 1. The summed E-state index contributed by atoms with van der Waals surface area (Å²) in [6.45, 7) is 5.01. The van der Waals surface area contributed by atoms with Crippen molar-refractivity contribution in [3.63, 3.8) is 0 Å². The van der Waals surface area contributed by atoms with Crippen LogP contribution in [0.2, 0.25) is 0 Å². The predicted molar refractivity (Wildman–Crippen MR) is 140 cm³/mol. The highest BCUT2D eigenvalue weighted by molar-refractivity contribution is 5.85. The van der Waals surface area contributed by atoms with Crippen LogP contribution in [0.1, 0.15) is 36.0 Å². The topological polar surface area (TPSA) is 54.9 Å². The summed E-state index contributed by atoms with van der Waals surface area (Å²) >= 11 is 0. The number of hydrogen-bond acceptors (Lipinski definition) is 5. The SMILES string of the molecule is COc1cc2c(cc1OC)CC(=O)N(CC1CCCN(CCCc3cccnc3)C1)CC2.Cl.Cl. The van der Waals surface area contributed by atoms with Gasteiger partial charge in [-0.1, -0.05) is 6.07 Å². The molecule has 0 radical (unpaired) electrons. The number of carbonyl (C=O) groups is 1. The second-order valence-electron chi connectivity index (χ2n) is 9.02. The van der Waals surface area contributed by atoms with Crippen LogP contribution in [0.15, 0.2) is 36.7 Å². The summed E-state index contributed by atoms with van der Waals surface area (Å²) in [6, 6.07) is 8.17. The number of methoxy groups -OCH3 is 2. The number of nitrogens with zero attached hydrogens (tertiary/aromatic N) is 3. The average molecular weight is 511 g/mol. The van der Waals surface area contributed by atoms with Gasteiger partial charge in [0.2, 0.25) is 5.91 Å². The molecule has 188 valence electrons. The van der Waals surface area contributed by atoms with E-state index < -0.39 is 0 Å². The van der Waals surface area contributed by atoms with Crippen LogP contribution in [0.3, 0.4) is 0 Å². The smallest absolute Gasteiger partial charge is 0.227 e. The summed E-state index contributed by atoms with van der Waals surface area (Å²) in [4.78, 5) is 21.9. The predicted octanol–water partition coefficient (Wildman–Crippen LogP) is 4.21. The van der Waals surface area contributed by atoms with E-state index in [1.807, 2.05) is 30.6 Å². The minimum atomic E-state index is 0. The minimum absolute atomic E-state index is 0. The summed E-state index contributed by atoms with van der Waals surface area (Å²) < 4.78 is 10.9. The van der Waals surface area contributed by atoms with Crippen molar-refractivity contribution in [1.82, 2.24) is 14.8 Å². The van der Waals surface area contributed by atoms with Crippen molar-refractivity contribution in [2.45, 2.75) is 38.5 Å². The molecule has 0 saturated carbocycles. The van der Waals surface area contributed by atoms with Crippen LogP contribution >= 0.6 is 24.8 Å². The first kappa shape index (κ1) is 28.2. The van der Waals surface area contributed by atoms with Gasteiger partial charge >= 0.3 is 0 Å². The lowest BCUT2D eigenvalue weighted by molar-refractivity contribution is -0.131. The third-order valence-electron chi connectivity index (χ3n) is 6.80. The van der Waals surface area contributed by atoms with E-state index in [9.17, 15) is 4.79 Å². The van der Waals surface area contributed by atoms with Crippen molar-refractivity contribution >= 4 is 30.7 Å². The number of benzene rings is 1. The van der Waals surface area contributed by atoms with Gasteiger partial charge in [-0.15, -0.1) is 24.8 Å². The molecule has 0 bridgehead atoms. The van der Waals surface area contributed by atoms with Crippen LogP contribution in [-0.4, -0.2) is 67.6 Å². The fourth-order valence-electron chi connectivity index (χ4n) is 5.08. The molecule has 1 saturated heterocycles. The Bertz CT molecular complexity index is 914. The molecule has 0 aliphatic carbocycles. The van der Waals surface area contributed by atoms with Gasteiger partial charge in [-0.25, -0.2) is 0 Å². The fraction of sp³-hybridized carbons (Fsp3) is 0.538. The third-order valence-corrected chi connectivity index (χ3v) is 6.80. The number of likely N-dealkylation sites (tertiary alicyclic amines) is 1. The highest BCUT2D eigenvalue weighted by Gasteiger charge is 2.27. The van der Waals surface area contributed by atoms with E-state index in [2.05, 4.69) is 20.9 Å². The van der Waals surface area contributed by atoms with Gasteiger partial charge in [-0.05, 0) is 86.0 Å². The van der Waals surface area contributed by atoms with Crippen LogP contribution in [-0.2, 0) is 24.1 Å². The first-order valence-corrected chi connectivity index (χ1v) is 11.8. The van der Waals surface area contributed by atoms with Gasteiger partial charge in [0.15, 0.2) is 11.5 Å². The monoisotopic (exact) mass is 509 g/mol. The number of carbonyl (C=O) groups excluding carboxylic acids is 1. The highest BCUT2D eigenvalue weighted by atomic mass is 35.5. The number of ether oxygens (including phenoxy) is 2. The summed E-state index contributed by atoms with van der Waals surface area (Å²) in [6.07, 6.45) is 9.75. The average Bonchev–Trinajstić information content (AvgIpc) is 2.97. The molecule has 1 amide bonds. The Morgan fingerprint density at radius 3 is 2.56 bits per heavy atom. The number of rotatable bonds is 8. The Kier molecular flexibility index (Phi) is 11.4. The molecule has 3 heterocycles. The van der Waals surface area contributed by atoms with Crippen LogP contribution in [0.25, 0.3) is 0 Å². The Labute approximate surface area is 215 Å². The van der Waals surface area contributed by atoms with E-state index in [0.29, 0.717) is 18.1 Å². The molecule has 2 aliphatic heterocycles. The van der Waals surface area contributed by atoms with Crippen LogP contribution in [0.5, 0.6) is 11.5 Å². The second kappa shape index (κ2) is 13.8. The standard InChI is InChI=1S/C26H35N3O3.2ClH/c1-31-24-14-22-9-13-29(26(30)16-23(22)15-25(24)32-2)19-21-8-5-12-28(18-21)11-4-7-20-6-3-10-27-17-20;;/h3,6,10,14-15,17,21H,4-5,7-9,11-13,16,18-19H2,1-2H3;2*1H. The molecule has 1 atom stereocenters. The van der Waals surface area contributed by atoms with E-state index in [0.717, 1.165) is 56.8 Å². The second-order valence-corrected chi connectivity index (χ2v) is 9.02. The van der Waals surface area contributed by atoms with Crippen molar-refractivity contribution in [1.29, 1.82) is 0 Å². The van der Waals surface area contributed by atoms with E-state index in [1.165, 1.54) is 30.5 Å². The molecular formula is C26H37Cl2N3O3. The number of piperidine rings is 1. The van der Waals surface area contributed by atoms with Crippen LogP contribution in [0, 0.1) is 5.92 Å². The van der Waals surface area contributed by atoms with E-state index in [1.54, 1.807) is 14.2 Å². The van der Waals surface area contributed by atoms with E-state index in [-0.39, 0.29) is 30.7 Å². The van der Waals surface area contributed by atoms with Gasteiger partial charge < -0.3 is 19.3 Å². The van der Waals surface area contributed by atoms with Gasteiger partial charge in [-0.3, -0.25) is 9.78 Å². The maximum Gasteiger partial charge on any atom is 0.227 e. The number of aromatic nitrogens is 1. The zero-order valence-corrected chi connectivity index (χ0v) is 21.8. The van der Waals surface area contributed by atoms with Gasteiger partial charge in [-0.2, -0.15) is 0 Å². The molecule has 2 aliphatic rings. The van der Waals surface area contributed by atoms with Gasteiger partial charge in [0.1, 0.15) is 0 Å². The number of fused-ring (bicyclic) bond motifs is 1. The zero-order chi connectivity index (χ0) is 22.3. The largest absolute Gasteiger partial charge is 0.493 e. The number of halogens is 2. The summed E-state index contributed by atoms with van der Waals surface area (Å²) in [7, 11) is 3.30. The van der Waals surface area contributed by atoms with Crippen molar-refractivity contribution in [3.05, 3.63) is 53.3 Å². The molecular weight excluding hydrogens is 473 g/mol. The molecule has 1 aromatic heterocycles. The van der Waals surface area contributed by atoms with Crippen LogP contribution in [0.4, 0.5) is 0 Å². The number of hydrogen-bond donors (Lipinski definition) is 0. The van der Waals surface area contributed by atoms with Crippen molar-refractivity contribution in [2.75, 3.05) is 46.9 Å². The van der Waals surface area contributed by atoms with Crippen molar-refractivity contribution < 1.29 is 14.3 Å². The van der Waals surface area contributed by atoms with E-state index >= 15 is 0 Å². The van der Waals surface area contributed by atoms with Crippen LogP contribution < -0.4 is 9.47 Å². The number of aryl methyl sites for hydroxylation is 1. The first-order valence-electron chi connectivity index (χ1n) is 11.8. The summed E-state index contributed by atoms with van der Waals surface area (Å²) in [5.74, 6) is 2.21. The minimum Gasteiger partial charge on any atom is -0.493 e. The normalized spacial score (nSPS) is 18.2. The Morgan fingerprint density at radius 1 is 1.09 bits per heavy atom. The van der Waals surface area contributed by atoms with Crippen molar-refractivity contribution in [2.24, 2.45) is 5.92 Å². The Balaban J connectivity index is 0.00000204. The quantitative estimate of drug-likeness (QED) is 0.533. The maximum atomic E-state index is 13.0. The molecule has 6 nitrogen and oxygen atoms in total. The maximum absolute atomic E-state index is 13.0. The Hall–Kier alpha value is -2.02. The van der Waals surface area contributed by atoms with E-state index in [4.69, 9.17) is 9.47 Å². The zero-order valence-electron chi connectivity index (χ0n) is 20.2. The lowest BCUT2D eigenvalue weighted by atomic mass is 9.96. The molecule has 4 rings (SSSR count). The fourth-order valence-corrected chi connectivity index (χ4v) is 5.08. The van der Waals surface area contributed by atoms with Crippen molar-refractivity contribution in [3.8, 4) is 11.5 Å². The van der Waals surface area contributed by atoms with Gasteiger partial charge in [0, 0.05) is 32.0 Å². The lowest BCUT2D eigenvalue weighted by Crippen LogP contribution is -2.43. The lowest BCUT2D eigenvalue weighted by Gasteiger charge is -2.35. The molecule has 1 unspecified atom stereocenters. The molecule has 0 N–H and O–H groups in total. The summed E-state index contributed by atoms with van der Waals surface area (Å²) in [5, 5.41) is 0. The summed E-state index contributed by atoms with van der Waals surface area (Å²) in [5.41, 5.74) is 3.57. The molecule has 0 spiro atoms. The molecule has 34 heavy (non-hydrogen) atoms. The molecule has 8 heteroatoms.